The maximum Gasteiger partial charge on any atom is 0.325 e. The number of rotatable bonds is 4. The lowest BCUT2D eigenvalue weighted by Crippen LogP contribution is -2.51. The van der Waals surface area contributed by atoms with Crippen molar-refractivity contribution in [2.45, 2.75) is 39.3 Å². The molecule has 1 unspecified atom stereocenters. The molecule has 7 heteroatoms. The molecule has 7 nitrogen and oxygen atoms in total. The summed E-state index contributed by atoms with van der Waals surface area (Å²) < 4.78 is 5.00. The van der Waals surface area contributed by atoms with Crippen LogP contribution >= 0.6 is 0 Å². The van der Waals surface area contributed by atoms with Gasteiger partial charge >= 0.3 is 6.03 Å². The van der Waals surface area contributed by atoms with Gasteiger partial charge in [-0.2, -0.15) is 4.98 Å². The lowest BCUT2D eigenvalue weighted by molar-refractivity contribution is -0.130. The zero-order chi connectivity index (χ0) is 16.4. The monoisotopic (exact) mass is 314 g/mol. The SMILES string of the molecule is CCc1nc(CN2C(=O)CC(c3ccccc3C)NC2=O)no1. The summed E-state index contributed by atoms with van der Waals surface area (Å²) in [5.74, 6) is 0.576. The van der Waals surface area contributed by atoms with Crippen molar-refractivity contribution in [1.29, 1.82) is 0 Å². The van der Waals surface area contributed by atoms with Crippen LogP contribution in [0.2, 0.25) is 0 Å². The molecule has 2 aromatic rings. The fraction of sp³-hybridized carbons (Fsp3) is 0.375. The number of hydrogen-bond acceptors (Lipinski definition) is 5. The van der Waals surface area contributed by atoms with Crippen molar-refractivity contribution in [3.63, 3.8) is 0 Å². The van der Waals surface area contributed by atoms with Crippen LogP contribution in [0.15, 0.2) is 28.8 Å². The molecule has 2 heterocycles. The molecule has 0 bridgehead atoms. The minimum atomic E-state index is -0.433. The average molecular weight is 314 g/mol. The van der Waals surface area contributed by atoms with Gasteiger partial charge in [0.15, 0.2) is 5.82 Å². The highest BCUT2D eigenvalue weighted by atomic mass is 16.5. The van der Waals surface area contributed by atoms with Crippen LogP contribution < -0.4 is 5.32 Å². The summed E-state index contributed by atoms with van der Waals surface area (Å²) in [5.41, 5.74) is 2.01. The molecule has 3 rings (SSSR count). The third-order valence-corrected chi connectivity index (χ3v) is 3.90. The summed E-state index contributed by atoms with van der Waals surface area (Å²) in [4.78, 5) is 29.9. The van der Waals surface area contributed by atoms with Crippen molar-refractivity contribution in [3.8, 4) is 0 Å². The van der Waals surface area contributed by atoms with Gasteiger partial charge in [0.2, 0.25) is 11.8 Å². The molecule has 1 aliphatic heterocycles. The molecule has 0 spiro atoms. The predicted octanol–water partition coefficient (Wildman–Crippen LogP) is 2.12. The average Bonchev–Trinajstić information content (AvgIpc) is 2.99. The minimum Gasteiger partial charge on any atom is -0.339 e. The number of hydrogen-bond donors (Lipinski definition) is 1. The third kappa shape index (κ3) is 3.08. The molecule has 0 saturated carbocycles. The molecule has 1 saturated heterocycles. The molecule has 1 aliphatic rings. The lowest BCUT2D eigenvalue weighted by atomic mass is 9.97. The van der Waals surface area contributed by atoms with Gasteiger partial charge in [-0.1, -0.05) is 36.3 Å². The number of nitrogens with one attached hydrogen (secondary N) is 1. The maximum absolute atomic E-state index is 12.4. The van der Waals surface area contributed by atoms with Gasteiger partial charge in [-0.05, 0) is 18.1 Å². The van der Waals surface area contributed by atoms with Crippen molar-refractivity contribution in [1.82, 2.24) is 20.4 Å². The van der Waals surface area contributed by atoms with Gasteiger partial charge < -0.3 is 9.84 Å². The number of carbonyl (C=O) groups is 2. The van der Waals surface area contributed by atoms with Gasteiger partial charge in [-0.25, -0.2) is 4.79 Å². The minimum absolute atomic E-state index is 0.0225. The van der Waals surface area contributed by atoms with Crippen molar-refractivity contribution in [3.05, 3.63) is 47.1 Å². The van der Waals surface area contributed by atoms with Crippen LogP contribution in [-0.2, 0) is 17.8 Å². The third-order valence-electron chi connectivity index (χ3n) is 3.90. The number of urea groups is 1. The fourth-order valence-electron chi connectivity index (χ4n) is 2.64. The molecule has 1 fully saturated rings. The van der Waals surface area contributed by atoms with E-state index in [1.165, 1.54) is 0 Å². The smallest absolute Gasteiger partial charge is 0.325 e. The molecular weight excluding hydrogens is 296 g/mol. The van der Waals surface area contributed by atoms with Crippen LogP contribution in [0.25, 0.3) is 0 Å². The van der Waals surface area contributed by atoms with Gasteiger partial charge in [-0.15, -0.1) is 0 Å². The number of benzene rings is 1. The first-order chi connectivity index (χ1) is 11.1. The van der Waals surface area contributed by atoms with E-state index in [0.29, 0.717) is 18.1 Å². The van der Waals surface area contributed by atoms with E-state index in [9.17, 15) is 9.59 Å². The van der Waals surface area contributed by atoms with Crippen molar-refractivity contribution < 1.29 is 14.1 Å². The number of carbonyl (C=O) groups excluding carboxylic acids is 2. The highest BCUT2D eigenvalue weighted by Gasteiger charge is 2.34. The van der Waals surface area contributed by atoms with E-state index in [4.69, 9.17) is 4.52 Å². The largest absolute Gasteiger partial charge is 0.339 e. The number of aromatic nitrogens is 2. The fourth-order valence-corrected chi connectivity index (χ4v) is 2.64. The van der Waals surface area contributed by atoms with Crippen LogP contribution in [0.3, 0.4) is 0 Å². The summed E-state index contributed by atoms with van der Waals surface area (Å²) in [6, 6.07) is 6.98. The number of aryl methyl sites for hydroxylation is 2. The predicted molar refractivity (Wildman–Crippen MR) is 81.3 cm³/mol. The first kappa shape index (κ1) is 15.2. The molecule has 1 N–H and O–H groups in total. The van der Waals surface area contributed by atoms with E-state index in [2.05, 4.69) is 15.5 Å². The zero-order valence-electron chi connectivity index (χ0n) is 13.1. The number of nitrogens with zero attached hydrogens (tertiary/aromatic N) is 3. The van der Waals surface area contributed by atoms with Crippen LogP contribution in [0.5, 0.6) is 0 Å². The molecule has 1 aromatic carbocycles. The quantitative estimate of drug-likeness (QED) is 0.934. The highest BCUT2D eigenvalue weighted by Crippen LogP contribution is 2.25. The highest BCUT2D eigenvalue weighted by molar-refractivity contribution is 5.97. The van der Waals surface area contributed by atoms with E-state index in [1.807, 2.05) is 38.1 Å². The Morgan fingerprint density at radius 2 is 2.13 bits per heavy atom. The summed E-state index contributed by atoms with van der Waals surface area (Å²) in [6.45, 7) is 3.88. The second kappa shape index (κ2) is 6.20. The van der Waals surface area contributed by atoms with Crippen LogP contribution in [0.4, 0.5) is 4.79 Å². The Morgan fingerprint density at radius 3 is 2.78 bits per heavy atom. The molecule has 120 valence electrons. The van der Waals surface area contributed by atoms with Gasteiger partial charge in [0.05, 0.1) is 19.0 Å². The van der Waals surface area contributed by atoms with Crippen molar-refractivity contribution in [2.75, 3.05) is 0 Å². The summed E-state index contributed by atoms with van der Waals surface area (Å²) in [7, 11) is 0. The number of imide groups is 1. The summed E-state index contributed by atoms with van der Waals surface area (Å²) in [6.07, 6.45) is 0.831. The van der Waals surface area contributed by atoms with E-state index in [-0.39, 0.29) is 24.9 Å². The van der Waals surface area contributed by atoms with E-state index in [1.54, 1.807) is 0 Å². The molecule has 0 aliphatic carbocycles. The first-order valence-corrected chi connectivity index (χ1v) is 7.56. The van der Waals surface area contributed by atoms with E-state index < -0.39 is 6.03 Å². The van der Waals surface area contributed by atoms with Gasteiger partial charge in [-0.3, -0.25) is 9.69 Å². The van der Waals surface area contributed by atoms with Crippen molar-refractivity contribution in [2.24, 2.45) is 0 Å². The second-order valence-electron chi connectivity index (χ2n) is 5.50. The Morgan fingerprint density at radius 1 is 1.35 bits per heavy atom. The van der Waals surface area contributed by atoms with Gasteiger partial charge in [0.25, 0.3) is 0 Å². The molecule has 1 aromatic heterocycles. The zero-order valence-corrected chi connectivity index (χ0v) is 13.1. The molecule has 1 atom stereocenters. The molecule has 23 heavy (non-hydrogen) atoms. The lowest BCUT2D eigenvalue weighted by Gasteiger charge is -2.31. The van der Waals surface area contributed by atoms with Gasteiger partial charge in [0, 0.05) is 6.42 Å². The Bertz CT molecular complexity index is 722. The summed E-state index contributed by atoms with van der Waals surface area (Å²) >= 11 is 0. The maximum atomic E-state index is 12.4. The molecule has 0 radical (unpaired) electrons. The normalized spacial score (nSPS) is 18.2. The Kier molecular flexibility index (Phi) is 4.10. The first-order valence-electron chi connectivity index (χ1n) is 7.56. The Labute approximate surface area is 133 Å². The van der Waals surface area contributed by atoms with Crippen molar-refractivity contribution >= 4 is 11.9 Å². The second-order valence-corrected chi connectivity index (χ2v) is 5.50. The van der Waals surface area contributed by atoms with Crippen LogP contribution in [0, 0.1) is 6.92 Å². The van der Waals surface area contributed by atoms with Crippen LogP contribution in [0.1, 0.15) is 42.2 Å². The Balaban J connectivity index is 1.74. The number of amides is 3. The van der Waals surface area contributed by atoms with E-state index in [0.717, 1.165) is 16.0 Å². The Hall–Kier alpha value is -2.70. The standard InChI is InChI=1S/C16H18N4O3/c1-3-14-18-13(19-23-14)9-20-15(21)8-12(17-16(20)22)11-7-5-4-6-10(11)2/h4-7,12H,3,8-9H2,1-2H3,(H,17,22). The van der Waals surface area contributed by atoms with E-state index >= 15 is 0 Å². The molecule has 3 amide bonds. The topological polar surface area (TPSA) is 88.3 Å². The van der Waals surface area contributed by atoms with Crippen LogP contribution in [-0.4, -0.2) is 27.0 Å². The summed E-state index contributed by atoms with van der Waals surface area (Å²) in [5, 5.41) is 6.66. The molecular formula is C16H18N4O3. The van der Waals surface area contributed by atoms with Gasteiger partial charge in [0.1, 0.15) is 0 Å².